The first-order chi connectivity index (χ1) is 12.3. The van der Waals surface area contributed by atoms with Crippen molar-refractivity contribution in [1.29, 1.82) is 0 Å². The fraction of sp³-hybridized carbons (Fsp3) is 0.318. The molecule has 0 fully saturated rings. The van der Waals surface area contributed by atoms with E-state index in [0.29, 0.717) is 0 Å². The number of aryl methyl sites for hydroxylation is 2. The van der Waals surface area contributed by atoms with Crippen molar-refractivity contribution in [2.24, 2.45) is 0 Å². The maximum absolute atomic E-state index is 4.80. The molecule has 0 aliphatic rings. The average molecular weight is 351 g/mol. The molecule has 0 N–H and O–H groups in total. The summed E-state index contributed by atoms with van der Waals surface area (Å²) < 4.78 is 0. The minimum Gasteiger partial charge on any atom is -0.349 e. The third-order valence-electron chi connectivity index (χ3n) is 4.55. The number of aromatic nitrogens is 1. The first kappa shape index (κ1) is 17.7. The predicted octanol–water partition coefficient (Wildman–Crippen LogP) is 5.83. The summed E-state index contributed by atoms with van der Waals surface area (Å²) in [6.45, 7) is 6.36. The van der Waals surface area contributed by atoms with Gasteiger partial charge in [-0.15, -0.1) is 11.3 Å². The molecule has 25 heavy (non-hydrogen) atoms. The van der Waals surface area contributed by atoms with Crippen molar-refractivity contribution >= 4 is 16.5 Å². The Morgan fingerprint density at radius 3 is 2.12 bits per heavy atom. The van der Waals surface area contributed by atoms with Gasteiger partial charge in [0.15, 0.2) is 5.13 Å². The van der Waals surface area contributed by atoms with Gasteiger partial charge in [-0.25, -0.2) is 4.98 Å². The Labute approximate surface area is 155 Å². The van der Waals surface area contributed by atoms with Gasteiger partial charge >= 0.3 is 0 Å². The first-order valence-corrected chi connectivity index (χ1v) is 10.0. The van der Waals surface area contributed by atoms with E-state index in [-0.39, 0.29) is 0 Å². The molecule has 3 heteroatoms. The second-order valence-corrected chi connectivity index (χ2v) is 7.06. The number of nitrogens with zero attached hydrogens (tertiary/aromatic N) is 2. The molecular formula is C22H26N2S. The topological polar surface area (TPSA) is 16.1 Å². The average Bonchev–Trinajstić information content (AvgIpc) is 3.14. The van der Waals surface area contributed by atoms with Gasteiger partial charge in [-0.3, -0.25) is 0 Å². The van der Waals surface area contributed by atoms with Crippen LogP contribution in [0.5, 0.6) is 0 Å². The minimum atomic E-state index is 1.00. The molecule has 0 amide bonds. The normalized spacial score (nSPS) is 10.8. The summed E-state index contributed by atoms with van der Waals surface area (Å²) in [5.74, 6) is 0. The third-order valence-corrected chi connectivity index (χ3v) is 5.45. The van der Waals surface area contributed by atoms with E-state index in [9.17, 15) is 0 Å². The van der Waals surface area contributed by atoms with Gasteiger partial charge in [-0.1, -0.05) is 54.6 Å². The lowest BCUT2D eigenvalue weighted by molar-refractivity contribution is 0.821. The Kier molecular flexibility index (Phi) is 6.24. The molecule has 2 nitrogen and oxygen atoms in total. The molecule has 0 aliphatic carbocycles. The summed E-state index contributed by atoms with van der Waals surface area (Å²) >= 11 is 1.73. The molecule has 3 aromatic rings. The molecule has 0 atom stereocenters. The van der Waals surface area contributed by atoms with Crippen LogP contribution >= 0.6 is 11.3 Å². The van der Waals surface area contributed by atoms with Gasteiger partial charge in [0.25, 0.3) is 0 Å². The molecule has 0 saturated heterocycles. The highest BCUT2D eigenvalue weighted by Crippen LogP contribution is 2.27. The molecular weight excluding hydrogens is 324 g/mol. The summed E-state index contributed by atoms with van der Waals surface area (Å²) in [6.07, 6.45) is 3.45. The second kappa shape index (κ2) is 8.82. The van der Waals surface area contributed by atoms with E-state index in [0.717, 1.165) is 36.8 Å². The Hall–Kier alpha value is -2.13. The van der Waals surface area contributed by atoms with Crippen molar-refractivity contribution in [3.63, 3.8) is 0 Å². The molecule has 2 aromatic carbocycles. The van der Waals surface area contributed by atoms with E-state index in [1.54, 1.807) is 11.3 Å². The molecule has 0 saturated carbocycles. The lowest BCUT2D eigenvalue weighted by atomic mass is 10.0. The Bertz CT molecular complexity index is 758. The fourth-order valence-electron chi connectivity index (χ4n) is 3.02. The minimum absolute atomic E-state index is 1.00. The van der Waals surface area contributed by atoms with Crippen molar-refractivity contribution in [3.8, 4) is 11.3 Å². The summed E-state index contributed by atoms with van der Waals surface area (Å²) in [7, 11) is 0. The molecule has 1 aromatic heterocycles. The maximum Gasteiger partial charge on any atom is 0.185 e. The summed E-state index contributed by atoms with van der Waals surface area (Å²) in [5.41, 5.74) is 5.12. The summed E-state index contributed by atoms with van der Waals surface area (Å²) in [5, 5.41) is 3.28. The summed E-state index contributed by atoms with van der Waals surface area (Å²) in [4.78, 5) is 7.10. The van der Waals surface area contributed by atoms with Crippen LogP contribution in [0, 0.1) is 0 Å². The largest absolute Gasteiger partial charge is 0.349 e. The highest BCUT2D eigenvalue weighted by molar-refractivity contribution is 7.14. The standard InChI is InChI=1S/C22H26N2S/c1-3-24(4-2)22-23-21(17-25-22)20-15-13-19(14-16-20)12-8-11-18-9-6-5-7-10-18/h5-7,9-10,13-17H,3-4,8,11-12H2,1-2H3. The van der Waals surface area contributed by atoms with E-state index in [1.165, 1.54) is 23.1 Å². The van der Waals surface area contributed by atoms with E-state index in [1.807, 2.05) is 0 Å². The van der Waals surface area contributed by atoms with Crippen molar-refractivity contribution < 1.29 is 0 Å². The quantitative estimate of drug-likeness (QED) is 0.508. The molecule has 1 heterocycles. The first-order valence-electron chi connectivity index (χ1n) is 9.14. The van der Waals surface area contributed by atoms with Crippen molar-refractivity contribution in [1.82, 2.24) is 4.98 Å². The van der Waals surface area contributed by atoms with Gasteiger partial charge in [-0.2, -0.15) is 0 Å². The lowest BCUT2D eigenvalue weighted by Crippen LogP contribution is -2.21. The van der Waals surface area contributed by atoms with Crippen LogP contribution in [-0.2, 0) is 12.8 Å². The molecule has 0 radical (unpaired) electrons. The smallest absolute Gasteiger partial charge is 0.185 e. The van der Waals surface area contributed by atoms with Crippen LogP contribution < -0.4 is 4.90 Å². The van der Waals surface area contributed by atoms with Gasteiger partial charge < -0.3 is 4.90 Å². The van der Waals surface area contributed by atoms with Crippen LogP contribution in [0.2, 0.25) is 0 Å². The van der Waals surface area contributed by atoms with Crippen LogP contribution in [0.15, 0.2) is 60.0 Å². The number of hydrogen-bond acceptors (Lipinski definition) is 3. The fourth-order valence-corrected chi connectivity index (χ4v) is 3.98. The van der Waals surface area contributed by atoms with Gasteiger partial charge in [0.1, 0.15) is 0 Å². The number of rotatable bonds is 8. The highest BCUT2D eigenvalue weighted by atomic mass is 32.1. The lowest BCUT2D eigenvalue weighted by Gasteiger charge is -2.16. The SMILES string of the molecule is CCN(CC)c1nc(-c2ccc(CCCc3ccccc3)cc2)cs1. The van der Waals surface area contributed by atoms with E-state index < -0.39 is 0 Å². The van der Waals surface area contributed by atoms with Crippen LogP contribution in [0.25, 0.3) is 11.3 Å². The second-order valence-electron chi connectivity index (χ2n) is 6.22. The number of benzene rings is 2. The van der Waals surface area contributed by atoms with E-state index >= 15 is 0 Å². The molecule has 3 rings (SSSR count). The van der Waals surface area contributed by atoms with Crippen molar-refractivity contribution in [2.75, 3.05) is 18.0 Å². The van der Waals surface area contributed by atoms with Crippen molar-refractivity contribution in [2.45, 2.75) is 33.1 Å². The highest BCUT2D eigenvalue weighted by Gasteiger charge is 2.09. The molecule has 0 unspecified atom stereocenters. The maximum atomic E-state index is 4.80. The molecule has 130 valence electrons. The van der Waals surface area contributed by atoms with E-state index in [2.05, 4.69) is 78.7 Å². The van der Waals surface area contributed by atoms with Crippen LogP contribution in [0.3, 0.4) is 0 Å². The third kappa shape index (κ3) is 4.70. The molecule has 0 aliphatic heterocycles. The molecule has 0 bridgehead atoms. The van der Waals surface area contributed by atoms with E-state index in [4.69, 9.17) is 4.98 Å². The van der Waals surface area contributed by atoms with Crippen LogP contribution in [0.4, 0.5) is 5.13 Å². The van der Waals surface area contributed by atoms with Crippen LogP contribution in [0.1, 0.15) is 31.4 Å². The number of hydrogen-bond donors (Lipinski definition) is 0. The zero-order valence-corrected chi connectivity index (χ0v) is 15.9. The van der Waals surface area contributed by atoms with Gasteiger partial charge in [0.2, 0.25) is 0 Å². The Balaban J connectivity index is 1.58. The zero-order valence-electron chi connectivity index (χ0n) is 15.1. The molecule has 0 spiro atoms. The van der Waals surface area contributed by atoms with Crippen LogP contribution in [-0.4, -0.2) is 18.1 Å². The van der Waals surface area contributed by atoms with Gasteiger partial charge in [0.05, 0.1) is 5.69 Å². The predicted molar refractivity (Wildman–Crippen MR) is 110 cm³/mol. The number of thiazole rings is 1. The van der Waals surface area contributed by atoms with Gasteiger partial charge in [-0.05, 0) is 44.2 Å². The monoisotopic (exact) mass is 350 g/mol. The van der Waals surface area contributed by atoms with Crippen molar-refractivity contribution in [3.05, 3.63) is 71.1 Å². The zero-order chi connectivity index (χ0) is 17.5. The van der Waals surface area contributed by atoms with Gasteiger partial charge in [0, 0.05) is 24.0 Å². The number of anilines is 1. The Morgan fingerprint density at radius 1 is 0.840 bits per heavy atom. The summed E-state index contributed by atoms with van der Waals surface area (Å²) in [6, 6.07) is 19.6. The Morgan fingerprint density at radius 2 is 1.48 bits per heavy atom.